The minimum absolute atomic E-state index is 0.0759. The molecule has 5 nitrogen and oxygen atoms in total. The van der Waals surface area contributed by atoms with Crippen molar-refractivity contribution in [2.24, 2.45) is 0 Å². The summed E-state index contributed by atoms with van der Waals surface area (Å²) >= 11 is 0. The van der Waals surface area contributed by atoms with Crippen LogP contribution in [0.3, 0.4) is 0 Å². The average Bonchev–Trinajstić information content (AvgIpc) is 2.28. The average molecular weight is 224 g/mol. The molecule has 88 valence electrons. The number of carbonyl (C=O) groups excluding carboxylic acids is 1. The van der Waals surface area contributed by atoms with E-state index in [0.29, 0.717) is 5.69 Å². The van der Waals surface area contributed by atoms with Gasteiger partial charge in [-0.3, -0.25) is 0 Å². The number of benzene rings is 1. The number of nitrogens with zero attached hydrogens (tertiary/aromatic N) is 1. The van der Waals surface area contributed by atoms with Crippen LogP contribution in [0.1, 0.15) is 5.56 Å². The zero-order chi connectivity index (χ0) is 12.0. The van der Waals surface area contributed by atoms with Crippen molar-refractivity contribution < 1.29 is 14.6 Å². The van der Waals surface area contributed by atoms with E-state index in [4.69, 9.17) is 15.6 Å². The summed E-state index contributed by atoms with van der Waals surface area (Å²) in [5, 5.41) is 8.64. The highest BCUT2D eigenvalue weighted by atomic mass is 16.6. The number of likely N-dealkylation sites (N-methyl/N-ethyl adjacent to an activating group) is 1. The molecule has 1 amide bonds. The van der Waals surface area contributed by atoms with Crippen molar-refractivity contribution in [3.63, 3.8) is 0 Å². The normalized spacial score (nSPS) is 9.88. The van der Waals surface area contributed by atoms with E-state index in [1.807, 2.05) is 0 Å². The third-order valence-corrected chi connectivity index (χ3v) is 2.09. The molecule has 1 rings (SSSR count). The van der Waals surface area contributed by atoms with Crippen molar-refractivity contribution in [2.45, 2.75) is 6.61 Å². The van der Waals surface area contributed by atoms with Gasteiger partial charge in [-0.2, -0.15) is 0 Å². The molecule has 0 heterocycles. The smallest absolute Gasteiger partial charge is 0.409 e. The standard InChI is InChI=1S/C11H16N2O3/c1-13(6-7-14)11(15)16-8-9-2-4-10(12)5-3-9/h2-5,14H,6-8,12H2,1H3. The Kier molecular flexibility index (Phi) is 4.60. The van der Waals surface area contributed by atoms with Gasteiger partial charge in [-0.1, -0.05) is 12.1 Å². The van der Waals surface area contributed by atoms with Crippen LogP contribution in [0.15, 0.2) is 24.3 Å². The van der Waals surface area contributed by atoms with Gasteiger partial charge in [-0.15, -0.1) is 0 Å². The van der Waals surface area contributed by atoms with Gasteiger partial charge in [0.05, 0.1) is 6.61 Å². The van der Waals surface area contributed by atoms with E-state index in [2.05, 4.69) is 0 Å². The summed E-state index contributed by atoms with van der Waals surface area (Å²) in [6, 6.07) is 7.10. The summed E-state index contributed by atoms with van der Waals surface area (Å²) in [5.41, 5.74) is 7.08. The number of amides is 1. The third kappa shape index (κ3) is 3.78. The van der Waals surface area contributed by atoms with Gasteiger partial charge in [-0.25, -0.2) is 4.79 Å². The molecule has 1 aromatic carbocycles. The summed E-state index contributed by atoms with van der Waals surface area (Å²) in [7, 11) is 1.57. The van der Waals surface area contributed by atoms with Crippen LogP contribution >= 0.6 is 0 Å². The lowest BCUT2D eigenvalue weighted by molar-refractivity contribution is 0.0978. The lowest BCUT2D eigenvalue weighted by Crippen LogP contribution is -2.29. The van der Waals surface area contributed by atoms with Crippen molar-refractivity contribution in [1.29, 1.82) is 0 Å². The molecule has 3 N–H and O–H groups in total. The minimum Gasteiger partial charge on any atom is -0.445 e. The molecule has 0 spiro atoms. The van der Waals surface area contributed by atoms with Crippen LogP contribution < -0.4 is 5.73 Å². The van der Waals surface area contributed by atoms with E-state index in [0.717, 1.165) is 5.56 Å². The second-order valence-electron chi connectivity index (χ2n) is 3.44. The first-order valence-electron chi connectivity index (χ1n) is 4.96. The van der Waals surface area contributed by atoms with Gasteiger partial charge in [-0.05, 0) is 17.7 Å². The first-order chi connectivity index (χ1) is 7.63. The lowest BCUT2D eigenvalue weighted by Gasteiger charge is -2.15. The molecule has 0 aliphatic carbocycles. The number of carbonyl (C=O) groups is 1. The topological polar surface area (TPSA) is 75.8 Å². The maximum absolute atomic E-state index is 11.3. The quantitative estimate of drug-likeness (QED) is 0.743. The Morgan fingerprint density at radius 2 is 2.06 bits per heavy atom. The van der Waals surface area contributed by atoms with Gasteiger partial charge in [0.2, 0.25) is 0 Å². The van der Waals surface area contributed by atoms with Crippen LogP contribution in [0.2, 0.25) is 0 Å². The van der Waals surface area contributed by atoms with Gasteiger partial charge in [0.1, 0.15) is 6.61 Å². The lowest BCUT2D eigenvalue weighted by atomic mass is 10.2. The van der Waals surface area contributed by atoms with Gasteiger partial charge < -0.3 is 20.5 Å². The highest BCUT2D eigenvalue weighted by Gasteiger charge is 2.08. The number of anilines is 1. The highest BCUT2D eigenvalue weighted by Crippen LogP contribution is 2.07. The van der Waals surface area contributed by atoms with Gasteiger partial charge in [0, 0.05) is 19.3 Å². The van der Waals surface area contributed by atoms with Crippen LogP contribution in [-0.2, 0) is 11.3 Å². The Labute approximate surface area is 94.4 Å². The second kappa shape index (κ2) is 5.97. The first-order valence-corrected chi connectivity index (χ1v) is 4.96. The molecule has 0 bridgehead atoms. The molecule has 16 heavy (non-hydrogen) atoms. The molecule has 0 unspecified atom stereocenters. The number of ether oxygens (including phenoxy) is 1. The van der Waals surface area contributed by atoms with E-state index < -0.39 is 6.09 Å². The Morgan fingerprint density at radius 3 is 2.62 bits per heavy atom. The fraction of sp³-hybridized carbons (Fsp3) is 0.364. The molecule has 1 aromatic rings. The zero-order valence-electron chi connectivity index (χ0n) is 9.22. The number of hydrogen-bond donors (Lipinski definition) is 2. The fourth-order valence-electron chi connectivity index (χ4n) is 1.11. The van der Waals surface area contributed by atoms with E-state index in [-0.39, 0.29) is 19.8 Å². The van der Waals surface area contributed by atoms with Crippen LogP contribution in [-0.4, -0.2) is 36.3 Å². The van der Waals surface area contributed by atoms with E-state index >= 15 is 0 Å². The van der Waals surface area contributed by atoms with Crippen LogP contribution in [0.25, 0.3) is 0 Å². The van der Waals surface area contributed by atoms with E-state index in [9.17, 15) is 4.79 Å². The monoisotopic (exact) mass is 224 g/mol. The molecular formula is C11H16N2O3. The van der Waals surface area contributed by atoms with Crippen molar-refractivity contribution in [1.82, 2.24) is 4.90 Å². The summed E-state index contributed by atoms with van der Waals surface area (Å²) in [4.78, 5) is 12.7. The predicted molar refractivity (Wildman–Crippen MR) is 60.8 cm³/mol. The maximum atomic E-state index is 11.3. The molecular weight excluding hydrogens is 208 g/mol. The summed E-state index contributed by atoms with van der Waals surface area (Å²) < 4.78 is 5.02. The molecule has 0 fully saturated rings. The third-order valence-electron chi connectivity index (χ3n) is 2.09. The summed E-state index contributed by atoms with van der Waals surface area (Å²) in [5.74, 6) is 0. The predicted octanol–water partition coefficient (Wildman–Crippen LogP) is 0.829. The molecule has 0 aliphatic heterocycles. The van der Waals surface area contributed by atoms with Crippen molar-refractivity contribution >= 4 is 11.8 Å². The maximum Gasteiger partial charge on any atom is 0.409 e. The highest BCUT2D eigenvalue weighted by molar-refractivity contribution is 5.67. The van der Waals surface area contributed by atoms with Crippen molar-refractivity contribution in [3.05, 3.63) is 29.8 Å². The molecule has 0 radical (unpaired) electrons. The second-order valence-corrected chi connectivity index (χ2v) is 3.44. The summed E-state index contributed by atoms with van der Waals surface area (Å²) in [6.07, 6.45) is -0.453. The number of nitrogen functional groups attached to an aromatic ring is 1. The Bertz CT molecular complexity index is 338. The first kappa shape index (κ1) is 12.3. The van der Waals surface area contributed by atoms with E-state index in [1.165, 1.54) is 4.90 Å². The van der Waals surface area contributed by atoms with Gasteiger partial charge in [0.25, 0.3) is 0 Å². The van der Waals surface area contributed by atoms with Crippen molar-refractivity contribution in [2.75, 3.05) is 25.9 Å². The molecule has 5 heteroatoms. The Morgan fingerprint density at radius 1 is 1.44 bits per heavy atom. The zero-order valence-corrected chi connectivity index (χ0v) is 9.22. The fourth-order valence-corrected chi connectivity index (χ4v) is 1.11. The molecule has 0 saturated carbocycles. The van der Waals surface area contributed by atoms with Crippen LogP contribution in [0.4, 0.5) is 10.5 Å². The Balaban J connectivity index is 2.39. The van der Waals surface area contributed by atoms with Gasteiger partial charge in [0.15, 0.2) is 0 Å². The number of aliphatic hydroxyl groups is 1. The number of aliphatic hydroxyl groups excluding tert-OH is 1. The van der Waals surface area contributed by atoms with Crippen molar-refractivity contribution in [3.8, 4) is 0 Å². The SMILES string of the molecule is CN(CCO)C(=O)OCc1ccc(N)cc1. The Hall–Kier alpha value is -1.75. The molecule has 0 atom stereocenters. The summed E-state index contributed by atoms with van der Waals surface area (Å²) in [6.45, 7) is 0.392. The number of rotatable bonds is 4. The largest absolute Gasteiger partial charge is 0.445 e. The van der Waals surface area contributed by atoms with Gasteiger partial charge >= 0.3 is 6.09 Å². The minimum atomic E-state index is -0.453. The molecule has 0 aliphatic rings. The number of nitrogens with two attached hydrogens (primary N) is 1. The van der Waals surface area contributed by atoms with E-state index in [1.54, 1.807) is 31.3 Å². The van der Waals surface area contributed by atoms with Crippen LogP contribution in [0.5, 0.6) is 0 Å². The molecule has 0 aromatic heterocycles. The number of hydrogen-bond acceptors (Lipinski definition) is 4. The molecule has 0 saturated heterocycles. The van der Waals surface area contributed by atoms with Crippen LogP contribution in [0, 0.1) is 0 Å².